The third-order valence-electron chi connectivity index (χ3n) is 0.683. The molecule has 0 aromatic rings. The molecular formula is C7H9FO. The van der Waals surface area contributed by atoms with Crippen LogP contribution in [0.1, 0.15) is 0 Å². The molecule has 0 atom stereocenters. The van der Waals surface area contributed by atoms with Gasteiger partial charge in [0.25, 0.3) is 0 Å². The van der Waals surface area contributed by atoms with E-state index in [0.717, 1.165) is 0 Å². The first-order valence-electron chi connectivity index (χ1n) is 2.46. The molecule has 0 amide bonds. The van der Waals surface area contributed by atoms with Crippen LogP contribution < -0.4 is 0 Å². The molecule has 1 nitrogen and oxygen atoms in total. The van der Waals surface area contributed by atoms with Gasteiger partial charge in [-0.3, -0.25) is 0 Å². The van der Waals surface area contributed by atoms with Gasteiger partial charge in [0, 0.05) is 0 Å². The Morgan fingerprint density at radius 2 is 2.00 bits per heavy atom. The lowest BCUT2D eigenvalue weighted by molar-refractivity contribution is 0.435. The minimum atomic E-state index is -0.593. The summed E-state index contributed by atoms with van der Waals surface area (Å²) in [4.78, 5) is 0. The molecule has 0 unspecified atom stereocenters. The number of rotatable bonds is 3. The minimum Gasteiger partial charge on any atom is -0.509 e. The quantitative estimate of drug-likeness (QED) is 0.456. The van der Waals surface area contributed by atoms with Crippen molar-refractivity contribution in [1.82, 2.24) is 0 Å². The van der Waals surface area contributed by atoms with E-state index in [1.165, 1.54) is 12.2 Å². The van der Waals surface area contributed by atoms with Gasteiger partial charge in [0.15, 0.2) is 0 Å². The molecule has 2 heteroatoms. The predicted molar refractivity (Wildman–Crippen MR) is 36.0 cm³/mol. The lowest BCUT2D eigenvalue weighted by Crippen LogP contribution is -1.76. The molecule has 1 N–H and O–H groups in total. The van der Waals surface area contributed by atoms with Crippen LogP contribution in [0.4, 0.5) is 4.39 Å². The van der Waals surface area contributed by atoms with Crippen molar-refractivity contribution in [3.05, 3.63) is 36.6 Å². The Labute approximate surface area is 53.8 Å². The zero-order valence-corrected chi connectivity index (χ0v) is 5.10. The smallest absolute Gasteiger partial charge is 0.114 e. The van der Waals surface area contributed by atoms with E-state index >= 15 is 0 Å². The topological polar surface area (TPSA) is 20.2 Å². The summed E-state index contributed by atoms with van der Waals surface area (Å²) in [5, 5.41) is 8.45. The summed E-state index contributed by atoms with van der Waals surface area (Å²) in [6.45, 7) is 5.90. The lowest BCUT2D eigenvalue weighted by atomic mass is 10.3. The summed E-state index contributed by atoms with van der Waals surface area (Å²) in [6.07, 6.45) is 2.67. The Morgan fingerprint density at radius 1 is 1.44 bits per heavy atom. The Morgan fingerprint density at radius 3 is 2.33 bits per heavy atom. The number of aliphatic hydroxyl groups is 1. The van der Waals surface area contributed by atoms with Crippen LogP contribution in [0.5, 0.6) is 0 Å². The van der Waals surface area contributed by atoms with Gasteiger partial charge >= 0.3 is 0 Å². The van der Waals surface area contributed by atoms with Crippen molar-refractivity contribution in [1.29, 1.82) is 0 Å². The van der Waals surface area contributed by atoms with Crippen molar-refractivity contribution in [2.24, 2.45) is 0 Å². The van der Waals surface area contributed by atoms with Gasteiger partial charge in [-0.1, -0.05) is 19.2 Å². The SMILES string of the molecule is C=C(O)/C=C\C(=C)CF. The summed E-state index contributed by atoms with van der Waals surface area (Å²) < 4.78 is 11.6. The number of allylic oxidation sites excluding steroid dienone is 3. The Kier molecular flexibility index (Phi) is 3.44. The van der Waals surface area contributed by atoms with Crippen LogP contribution >= 0.6 is 0 Å². The van der Waals surface area contributed by atoms with Crippen molar-refractivity contribution in [2.45, 2.75) is 0 Å². The number of hydrogen-bond acceptors (Lipinski definition) is 1. The van der Waals surface area contributed by atoms with Crippen LogP contribution in [0.3, 0.4) is 0 Å². The average molecular weight is 128 g/mol. The van der Waals surface area contributed by atoms with Crippen LogP contribution in [0, 0.1) is 0 Å². The molecule has 0 bridgehead atoms. The molecule has 0 fully saturated rings. The standard InChI is InChI=1S/C7H9FO/c1-6(5-8)3-4-7(2)9/h3-4,9H,1-2,5H2/b4-3-. The fourth-order valence-corrected chi connectivity index (χ4v) is 0.259. The fourth-order valence-electron chi connectivity index (χ4n) is 0.259. The van der Waals surface area contributed by atoms with Crippen LogP contribution in [-0.4, -0.2) is 11.8 Å². The zero-order chi connectivity index (χ0) is 7.28. The van der Waals surface area contributed by atoms with Gasteiger partial charge in [0.05, 0.1) is 0 Å². The summed E-state index contributed by atoms with van der Waals surface area (Å²) in [5.74, 6) is -0.0930. The first-order chi connectivity index (χ1) is 4.16. The summed E-state index contributed by atoms with van der Waals surface area (Å²) in [5.41, 5.74) is 0.324. The molecule has 0 saturated carbocycles. The van der Waals surface area contributed by atoms with Crippen LogP contribution in [-0.2, 0) is 0 Å². The molecule has 0 aliphatic heterocycles. The molecule has 0 aliphatic carbocycles. The molecule has 0 heterocycles. The van der Waals surface area contributed by atoms with Gasteiger partial charge in [-0.15, -0.1) is 0 Å². The highest BCUT2D eigenvalue weighted by Crippen LogP contribution is 1.95. The molecule has 0 saturated heterocycles. The highest BCUT2D eigenvalue weighted by atomic mass is 19.1. The Balaban J connectivity index is 3.71. The molecule has 50 valence electrons. The van der Waals surface area contributed by atoms with Gasteiger partial charge in [0.2, 0.25) is 0 Å². The van der Waals surface area contributed by atoms with E-state index < -0.39 is 6.67 Å². The summed E-state index contributed by atoms with van der Waals surface area (Å²) in [7, 11) is 0. The van der Waals surface area contributed by atoms with Gasteiger partial charge < -0.3 is 5.11 Å². The maximum atomic E-state index is 11.6. The number of alkyl halides is 1. The average Bonchev–Trinajstić information content (AvgIpc) is 1.83. The van der Waals surface area contributed by atoms with E-state index in [9.17, 15) is 4.39 Å². The zero-order valence-electron chi connectivity index (χ0n) is 5.10. The molecule has 0 rings (SSSR count). The molecule has 9 heavy (non-hydrogen) atoms. The third-order valence-corrected chi connectivity index (χ3v) is 0.683. The molecule has 0 aromatic carbocycles. The maximum absolute atomic E-state index is 11.6. The highest BCUT2D eigenvalue weighted by Gasteiger charge is 1.83. The number of hydrogen-bond donors (Lipinski definition) is 1. The fraction of sp³-hybridized carbons (Fsp3) is 0.143. The summed E-state index contributed by atoms with van der Waals surface area (Å²) in [6, 6.07) is 0. The first-order valence-corrected chi connectivity index (χ1v) is 2.46. The van der Waals surface area contributed by atoms with Crippen molar-refractivity contribution >= 4 is 0 Å². The monoisotopic (exact) mass is 128 g/mol. The lowest BCUT2D eigenvalue weighted by Gasteiger charge is -1.87. The van der Waals surface area contributed by atoms with Gasteiger partial charge in [-0.2, -0.15) is 0 Å². The van der Waals surface area contributed by atoms with E-state index in [4.69, 9.17) is 5.11 Å². The van der Waals surface area contributed by atoms with Crippen molar-refractivity contribution < 1.29 is 9.50 Å². The third kappa shape index (κ3) is 4.81. The van der Waals surface area contributed by atoms with Crippen molar-refractivity contribution in [3.63, 3.8) is 0 Å². The second kappa shape index (κ2) is 3.89. The van der Waals surface area contributed by atoms with Crippen LogP contribution in [0.2, 0.25) is 0 Å². The summed E-state index contributed by atoms with van der Waals surface area (Å²) >= 11 is 0. The van der Waals surface area contributed by atoms with E-state index in [1.54, 1.807) is 0 Å². The minimum absolute atomic E-state index is 0.0930. The molecule has 0 aliphatic rings. The number of aliphatic hydroxyl groups excluding tert-OH is 1. The molecule has 0 aromatic heterocycles. The molecule has 0 radical (unpaired) electrons. The van der Waals surface area contributed by atoms with E-state index in [1.807, 2.05) is 0 Å². The second-order valence-corrected chi connectivity index (χ2v) is 1.62. The van der Waals surface area contributed by atoms with Gasteiger partial charge in [-0.25, -0.2) is 4.39 Å². The Hall–Kier alpha value is -1.05. The molecule has 0 spiro atoms. The Bertz CT molecular complexity index is 147. The maximum Gasteiger partial charge on any atom is 0.114 e. The van der Waals surface area contributed by atoms with Crippen LogP contribution in [0.25, 0.3) is 0 Å². The largest absolute Gasteiger partial charge is 0.509 e. The molecular weight excluding hydrogens is 119 g/mol. The van der Waals surface area contributed by atoms with Gasteiger partial charge in [0.1, 0.15) is 12.4 Å². The predicted octanol–water partition coefficient (Wildman–Crippen LogP) is 2.14. The van der Waals surface area contributed by atoms with Crippen LogP contribution in [0.15, 0.2) is 36.6 Å². The van der Waals surface area contributed by atoms with Gasteiger partial charge in [-0.05, 0) is 11.6 Å². The number of halogens is 1. The van der Waals surface area contributed by atoms with E-state index in [0.29, 0.717) is 5.57 Å². The van der Waals surface area contributed by atoms with E-state index in [2.05, 4.69) is 13.2 Å². The highest BCUT2D eigenvalue weighted by molar-refractivity contribution is 5.20. The second-order valence-electron chi connectivity index (χ2n) is 1.62. The van der Waals surface area contributed by atoms with E-state index in [-0.39, 0.29) is 5.76 Å². The first kappa shape index (κ1) is 7.95. The van der Waals surface area contributed by atoms with Crippen molar-refractivity contribution in [2.75, 3.05) is 6.67 Å². The van der Waals surface area contributed by atoms with Crippen molar-refractivity contribution in [3.8, 4) is 0 Å². The normalized spacial score (nSPS) is 9.89.